The van der Waals surface area contributed by atoms with Crippen molar-refractivity contribution in [3.63, 3.8) is 0 Å². The lowest BCUT2D eigenvalue weighted by molar-refractivity contribution is 0.332. The maximum Gasteiger partial charge on any atom is 0.264 e. The standard InChI is InChI=1S/C68H76BN3S/c1-63(2,3)43-20-27-47(28-21-43)70(48-29-22-44(23-30-48)64(4,5)6)51-34-36-55-58(42-51)71(49-31-24-45(25-32-49)65(7,8)9)56-18-17-19-57-60(56)69(55)62-61(52-40-46(66(10,11)12)26-37-59(52)73-62)72(57)50-33-35-53-54(41-50)68(15,16)39-38-67(53,13)14/h17-37,40-42H,38-39H2,1-16H3. The molecule has 7 aromatic carbocycles. The quantitative estimate of drug-likeness (QED) is 0.159. The van der Waals surface area contributed by atoms with Gasteiger partial charge in [0.05, 0.1) is 5.69 Å². The highest BCUT2D eigenvalue weighted by Crippen LogP contribution is 2.52. The zero-order valence-corrected chi connectivity index (χ0v) is 47.4. The van der Waals surface area contributed by atoms with Crippen molar-refractivity contribution in [3.05, 3.63) is 179 Å². The molecule has 372 valence electrons. The van der Waals surface area contributed by atoms with Crippen LogP contribution in [0.3, 0.4) is 0 Å². The molecule has 11 rings (SSSR count). The Labute approximate surface area is 442 Å². The molecule has 1 aromatic heterocycles. The predicted molar refractivity (Wildman–Crippen MR) is 321 cm³/mol. The third-order valence-electron chi connectivity index (χ3n) is 16.8. The highest BCUT2D eigenvalue weighted by molar-refractivity contribution is 7.33. The first-order valence-corrected chi connectivity index (χ1v) is 27.7. The Balaban J connectivity index is 1.19. The van der Waals surface area contributed by atoms with Crippen molar-refractivity contribution >= 4 is 95.0 Å². The van der Waals surface area contributed by atoms with Gasteiger partial charge in [-0.05, 0) is 175 Å². The van der Waals surface area contributed by atoms with Crippen LogP contribution in [0, 0.1) is 0 Å². The average molecular weight is 978 g/mol. The number of rotatable bonds is 5. The highest BCUT2D eigenvalue weighted by atomic mass is 32.1. The van der Waals surface area contributed by atoms with Gasteiger partial charge in [-0.1, -0.05) is 171 Å². The molecule has 73 heavy (non-hydrogen) atoms. The van der Waals surface area contributed by atoms with Crippen molar-refractivity contribution in [1.82, 2.24) is 0 Å². The van der Waals surface area contributed by atoms with E-state index < -0.39 is 0 Å². The van der Waals surface area contributed by atoms with Crippen LogP contribution in [0.25, 0.3) is 10.1 Å². The largest absolute Gasteiger partial charge is 0.311 e. The number of nitrogens with zero attached hydrogens (tertiary/aromatic N) is 3. The van der Waals surface area contributed by atoms with Gasteiger partial charge in [-0.2, -0.15) is 0 Å². The number of anilines is 9. The number of hydrogen-bond acceptors (Lipinski definition) is 4. The molecule has 0 radical (unpaired) electrons. The lowest BCUT2D eigenvalue weighted by Crippen LogP contribution is -2.60. The van der Waals surface area contributed by atoms with Gasteiger partial charge in [0.2, 0.25) is 0 Å². The third kappa shape index (κ3) is 8.33. The number of thiophene rings is 1. The Hall–Kier alpha value is -6.04. The highest BCUT2D eigenvalue weighted by Gasteiger charge is 2.46. The molecular formula is C68H76BN3S. The summed E-state index contributed by atoms with van der Waals surface area (Å²) in [6.45, 7) is 37.5. The molecule has 0 spiro atoms. The Bertz CT molecular complexity index is 3380. The minimum absolute atomic E-state index is 0.00209. The summed E-state index contributed by atoms with van der Waals surface area (Å²) >= 11 is 1.99. The van der Waals surface area contributed by atoms with E-state index in [-0.39, 0.29) is 39.2 Å². The van der Waals surface area contributed by atoms with E-state index in [1.165, 1.54) is 100 Å². The Morgan fingerprint density at radius 3 is 1.48 bits per heavy atom. The van der Waals surface area contributed by atoms with E-state index in [1.807, 2.05) is 11.3 Å². The lowest BCUT2D eigenvalue weighted by Gasteiger charge is -2.45. The van der Waals surface area contributed by atoms with Gasteiger partial charge in [0, 0.05) is 60.4 Å². The fourth-order valence-corrected chi connectivity index (χ4v) is 13.4. The molecule has 0 saturated carbocycles. The normalized spacial score (nSPS) is 16.0. The summed E-state index contributed by atoms with van der Waals surface area (Å²) in [6.07, 6.45) is 2.36. The SMILES string of the molecule is CC(C)(C)c1ccc(N(c2ccc(C(C)(C)C)cc2)c2ccc3c(c2)N(c2ccc(C(C)(C)C)cc2)c2cccc4c2B3c2sc3ccc(C(C)(C)C)cc3c2N4c2ccc3c(c2)C(C)(C)CCC3(C)C)cc1. The van der Waals surface area contributed by atoms with Crippen LogP contribution in [0.1, 0.15) is 157 Å². The molecule has 8 aromatic rings. The van der Waals surface area contributed by atoms with E-state index in [0.717, 1.165) is 22.7 Å². The van der Waals surface area contributed by atoms with E-state index in [9.17, 15) is 0 Å². The molecule has 5 heteroatoms. The Morgan fingerprint density at radius 2 is 0.932 bits per heavy atom. The average Bonchev–Trinajstić information content (AvgIpc) is 3.71. The van der Waals surface area contributed by atoms with Crippen molar-refractivity contribution in [2.24, 2.45) is 0 Å². The molecule has 1 aliphatic carbocycles. The maximum atomic E-state index is 2.67. The fourth-order valence-electron chi connectivity index (χ4n) is 12.1. The van der Waals surface area contributed by atoms with E-state index in [1.54, 1.807) is 0 Å². The zero-order valence-electron chi connectivity index (χ0n) is 46.6. The van der Waals surface area contributed by atoms with Crippen molar-refractivity contribution in [1.29, 1.82) is 0 Å². The first kappa shape index (κ1) is 49.2. The van der Waals surface area contributed by atoms with Crippen LogP contribution in [0.2, 0.25) is 0 Å². The van der Waals surface area contributed by atoms with Crippen molar-refractivity contribution < 1.29 is 0 Å². The van der Waals surface area contributed by atoms with E-state index in [4.69, 9.17) is 0 Å². The first-order chi connectivity index (χ1) is 34.2. The van der Waals surface area contributed by atoms with E-state index >= 15 is 0 Å². The molecule has 3 heterocycles. The Kier molecular flexibility index (Phi) is 11.3. The van der Waals surface area contributed by atoms with Crippen LogP contribution >= 0.6 is 11.3 Å². The smallest absolute Gasteiger partial charge is 0.264 e. The number of benzene rings is 7. The summed E-state index contributed by atoms with van der Waals surface area (Å²) in [5.41, 5.74) is 22.1. The van der Waals surface area contributed by atoms with Crippen LogP contribution in [-0.4, -0.2) is 6.71 Å². The van der Waals surface area contributed by atoms with Gasteiger partial charge in [0.1, 0.15) is 0 Å². The summed E-state index contributed by atoms with van der Waals surface area (Å²) < 4.78 is 2.74. The summed E-state index contributed by atoms with van der Waals surface area (Å²) in [7, 11) is 0. The number of hydrogen-bond donors (Lipinski definition) is 0. The molecule has 0 N–H and O–H groups in total. The molecule has 0 atom stereocenters. The molecule has 0 amide bonds. The van der Waals surface area contributed by atoms with Crippen molar-refractivity contribution in [3.8, 4) is 0 Å². The molecular weight excluding hydrogens is 902 g/mol. The first-order valence-electron chi connectivity index (χ1n) is 26.9. The molecule has 0 fully saturated rings. The summed E-state index contributed by atoms with van der Waals surface area (Å²) in [5, 5.41) is 1.34. The fraction of sp³-hybridized carbons (Fsp3) is 0.353. The van der Waals surface area contributed by atoms with Crippen molar-refractivity contribution in [2.45, 2.75) is 156 Å². The van der Waals surface area contributed by atoms with Crippen LogP contribution < -0.4 is 30.4 Å². The van der Waals surface area contributed by atoms with Gasteiger partial charge in [0.25, 0.3) is 6.71 Å². The van der Waals surface area contributed by atoms with Crippen molar-refractivity contribution in [2.75, 3.05) is 14.7 Å². The molecule has 0 unspecified atom stereocenters. The van der Waals surface area contributed by atoms with Crippen LogP contribution in [0.15, 0.2) is 146 Å². The van der Waals surface area contributed by atoms with Gasteiger partial charge in [-0.15, -0.1) is 11.3 Å². The monoisotopic (exact) mass is 978 g/mol. The topological polar surface area (TPSA) is 9.72 Å². The zero-order chi connectivity index (χ0) is 51.9. The maximum absolute atomic E-state index is 2.67. The van der Waals surface area contributed by atoms with Gasteiger partial charge < -0.3 is 14.7 Å². The van der Waals surface area contributed by atoms with E-state index in [0.29, 0.717) is 0 Å². The minimum atomic E-state index is -0.00209. The second-order valence-corrected chi connectivity index (χ2v) is 28.1. The predicted octanol–water partition coefficient (Wildman–Crippen LogP) is 18.0. The third-order valence-corrected chi connectivity index (χ3v) is 18.0. The Morgan fingerprint density at radius 1 is 0.452 bits per heavy atom. The van der Waals surface area contributed by atoms with Crippen LogP contribution in [0.5, 0.6) is 0 Å². The van der Waals surface area contributed by atoms with Gasteiger partial charge in [-0.3, -0.25) is 0 Å². The van der Waals surface area contributed by atoms with Gasteiger partial charge >= 0.3 is 0 Å². The second-order valence-electron chi connectivity index (χ2n) is 27.1. The summed E-state index contributed by atoms with van der Waals surface area (Å²) in [5.74, 6) is 0. The molecule has 2 aliphatic heterocycles. The molecule has 0 bridgehead atoms. The molecule has 3 aliphatic rings. The number of fused-ring (bicyclic) bond motifs is 7. The molecule has 0 saturated heterocycles. The van der Waals surface area contributed by atoms with Gasteiger partial charge in [-0.25, -0.2) is 0 Å². The minimum Gasteiger partial charge on any atom is -0.311 e. The lowest BCUT2D eigenvalue weighted by atomic mass is 9.36. The van der Waals surface area contributed by atoms with E-state index in [2.05, 4.69) is 271 Å². The molecule has 3 nitrogen and oxygen atoms in total. The summed E-state index contributed by atoms with van der Waals surface area (Å²) in [6, 6.07) is 57.2. The van der Waals surface area contributed by atoms with Gasteiger partial charge in [0.15, 0.2) is 0 Å². The summed E-state index contributed by atoms with van der Waals surface area (Å²) in [4.78, 5) is 7.71. The second kappa shape index (κ2) is 16.7. The van der Waals surface area contributed by atoms with Crippen LogP contribution in [0.4, 0.5) is 51.2 Å². The van der Waals surface area contributed by atoms with Crippen LogP contribution in [-0.2, 0) is 32.5 Å².